The summed E-state index contributed by atoms with van der Waals surface area (Å²) in [7, 11) is 0. The third-order valence-electron chi connectivity index (χ3n) is 5.80. The molecule has 1 fully saturated rings. The van der Waals surface area contributed by atoms with Gasteiger partial charge in [0.15, 0.2) is 0 Å². The lowest BCUT2D eigenvalue weighted by Gasteiger charge is -2.38. The zero-order valence-electron chi connectivity index (χ0n) is 22.0. The van der Waals surface area contributed by atoms with Crippen molar-refractivity contribution in [2.45, 2.75) is 32.3 Å². The zero-order valence-corrected chi connectivity index (χ0v) is 22.8. The summed E-state index contributed by atoms with van der Waals surface area (Å²) in [6, 6.07) is 12.0. The van der Waals surface area contributed by atoms with Crippen LogP contribution in [-0.2, 0) is 4.79 Å². The van der Waals surface area contributed by atoms with Crippen LogP contribution < -0.4 is 15.8 Å². The number of carbonyl (C=O) groups is 2. The number of carbonyl (C=O) groups excluding carboxylic acids is 2. The predicted octanol–water partition coefficient (Wildman–Crippen LogP) is 5.37. The molecule has 206 valence electrons. The number of ether oxygens (including phenoxy) is 1. The third kappa shape index (κ3) is 8.51. The fraction of sp³-hybridized carbons (Fsp3) is 0.276. The zero-order chi connectivity index (χ0) is 28.8. The van der Waals surface area contributed by atoms with Crippen molar-refractivity contribution in [2.24, 2.45) is 10.7 Å². The van der Waals surface area contributed by atoms with Crippen LogP contribution in [0.2, 0.25) is 5.02 Å². The molecule has 0 aliphatic carbocycles. The van der Waals surface area contributed by atoms with Gasteiger partial charge in [0.2, 0.25) is 5.91 Å². The summed E-state index contributed by atoms with van der Waals surface area (Å²) in [5.74, 6) is -2.79. The van der Waals surface area contributed by atoms with Crippen molar-refractivity contribution in [3.8, 4) is 16.9 Å². The van der Waals surface area contributed by atoms with Gasteiger partial charge >= 0.3 is 0 Å². The standard InChI is InChI=1S/C29H31ClF2N4O3/c1-19(5-13-25(33)34-4)6-14-26(37)35-16-28(2,3)39-24-12-11-22(15-23(24)30)20-7-9-21(10-8-20)27(38)36-17-29(31,32)18-36/h5-15H,4,16-18,33H2,1-3H3,(H,35,37)/b14-6+,19-5+,25-13-. The van der Waals surface area contributed by atoms with E-state index in [1.165, 1.54) is 6.08 Å². The molecule has 3 N–H and O–H groups in total. The maximum absolute atomic E-state index is 13.1. The molecule has 1 aliphatic rings. The summed E-state index contributed by atoms with van der Waals surface area (Å²) in [6.45, 7) is 7.92. The van der Waals surface area contributed by atoms with Crippen LogP contribution in [0.5, 0.6) is 5.75 Å². The Hall–Kier alpha value is -3.98. The number of allylic oxidation sites excluding steroid dienone is 4. The van der Waals surface area contributed by atoms with Gasteiger partial charge in [-0.05, 0) is 69.0 Å². The SMILES string of the molecule is C=N\C(N)=C/C=C(C)/C=C/C(=O)NCC(C)(C)Oc1ccc(-c2ccc(C(=O)N3CC(F)(F)C3)cc2)cc1Cl. The average Bonchev–Trinajstić information content (AvgIpc) is 2.88. The van der Waals surface area contributed by atoms with E-state index < -0.39 is 30.5 Å². The topological polar surface area (TPSA) is 97.0 Å². The van der Waals surface area contributed by atoms with Gasteiger partial charge in [0.1, 0.15) is 17.2 Å². The number of amides is 2. The van der Waals surface area contributed by atoms with Gasteiger partial charge in [-0.1, -0.05) is 47.5 Å². The Morgan fingerprint density at radius 1 is 1.15 bits per heavy atom. The van der Waals surface area contributed by atoms with Gasteiger partial charge in [-0.2, -0.15) is 0 Å². The number of hydrogen-bond acceptors (Lipinski definition) is 5. The second-order valence-corrected chi connectivity index (χ2v) is 10.2. The van der Waals surface area contributed by atoms with Gasteiger partial charge in [-0.15, -0.1) is 0 Å². The number of aliphatic imine (C=N–C) groups is 1. The van der Waals surface area contributed by atoms with Crippen molar-refractivity contribution < 1.29 is 23.1 Å². The highest BCUT2D eigenvalue weighted by molar-refractivity contribution is 6.32. The van der Waals surface area contributed by atoms with Crippen molar-refractivity contribution in [1.82, 2.24) is 10.2 Å². The summed E-state index contributed by atoms with van der Waals surface area (Å²) in [6.07, 6.45) is 6.37. The fourth-order valence-electron chi connectivity index (χ4n) is 3.63. The van der Waals surface area contributed by atoms with Gasteiger partial charge in [-0.25, -0.2) is 13.8 Å². The smallest absolute Gasteiger partial charge is 0.282 e. The van der Waals surface area contributed by atoms with Crippen LogP contribution in [0.3, 0.4) is 0 Å². The summed E-state index contributed by atoms with van der Waals surface area (Å²) >= 11 is 6.49. The Balaban J connectivity index is 1.57. The van der Waals surface area contributed by atoms with E-state index in [9.17, 15) is 18.4 Å². The first-order valence-corrected chi connectivity index (χ1v) is 12.5. The Kier molecular flexibility index (Phi) is 9.29. The van der Waals surface area contributed by atoms with E-state index >= 15 is 0 Å². The number of likely N-dealkylation sites (tertiary alicyclic amines) is 1. The maximum Gasteiger partial charge on any atom is 0.282 e. The predicted molar refractivity (Wildman–Crippen MR) is 150 cm³/mol. The highest BCUT2D eigenvalue weighted by atomic mass is 35.5. The average molecular weight is 557 g/mol. The lowest BCUT2D eigenvalue weighted by atomic mass is 10.0. The molecule has 10 heteroatoms. The molecule has 0 aromatic heterocycles. The summed E-state index contributed by atoms with van der Waals surface area (Å²) < 4.78 is 32.2. The molecule has 2 amide bonds. The highest BCUT2D eigenvalue weighted by Crippen LogP contribution is 2.33. The number of nitrogens with one attached hydrogen (secondary N) is 1. The van der Waals surface area contributed by atoms with Gasteiger partial charge in [0, 0.05) is 11.6 Å². The van der Waals surface area contributed by atoms with E-state index in [1.807, 2.05) is 26.8 Å². The molecular weight excluding hydrogens is 526 g/mol. The summed E-state index contributed by atoms with van der Waals surface area (Å²) in [5, 5.41) is 3.18. The van der Waals surface area contributed by atoms with Gasteiger partial charge in [-0.3, -0.25) is 9.59 Å². The number of nitrogens with zero attached hydrogens (tertiary/aromatic N) is 2. The second kappa shape index (κ2) is 12.3. The normalized spacial score (nSPS) is 15.6. The van der Waals surface area contributed by atoms with E-state index in [0.717, 1.165) is 21.6 Å². The van der Waals surface area contributed by atoms with E-state index in [2.05, 4.69) is 17.0 Å². The van der Waals surface area contributed by atoms with E-state index in [4.69, 9.17) is 22.1 Å². The van der Waals surface area contributed by atoms with Crippen molar-refractivity contribution in [3.63, 3.8) is 0 Å². The van der Waals surface area contributed by atoms with Crippen LogP contribution in [0.25, 0.3) is 11.1 Å². The molecular formula is C29H31ClF2N4O3. The molecule has 0 unspecified atom stereocenters. The minimum Gasteiger partial charge on any atom is -0.484 e. The lowest BCUT2D eigenvalue weighted by Crippen LogP contribution is -2.58. The van der Waals surface area contributed by atoms with Gasteiger partial charge in [0.25, 0.3) is 11.8 Å². The number of rotatable bonds is 10. The molecule has 1 saturated heterocycles. The molecule has 39 heavy (non-hydrogen) atoms. The number of benzene rings is 2. The van der Waals surface area contributed by atoms with Crippen LogP contribution in [0.4, 0.5) is 8.78 Å². The summed E-state index contributed by atoms with van der Waals surface area (Å²) in [5.41, 5.74) is 7.53. The number of halogens is 3. The summed E-state index contributed by atoms with van der Waals surface area (Å²) in [4.78, 5) is 29.3. The Bertz CT molecular complexity index is 1330. The van der Waals surface area contributed by atoms with Gasteiger partial charge < -0.3 is 20.7 Å². The van der Waals surface area contributed by atoms with Crippen LogP contribution in [0.15, 0.2) is 83.2 Å². The maximum atomic E-state index is 13.1. The number of hydrogen-bond donors (Lipinski definition) is 2. The molecule has 7 nitrogen and oxygen atoms in total. The van der Waals surface area contributed by atoms with Crippen molar-refractivity contribution >= 4 is 30.1 Å². The first-order chi connectivity index (χ1) is 18.3. The molecule has 3 rings (SSSR count). The Morgan fingerprint density at radius 2 is 1.79 bits per heavy atom. The monoisotopic (exact) mass is 556 g/mol. The molecule has 1 aliphatic heterocycles. The first kappa shape index (κ1) is 29.6. The highest BCUT2D eigenvalue weighted by Gasteiger charge is 2.46. The molecule has 2 aromatic rings. The Morgan fingerprint density at radius 3 is 2.38 bits per heavy atom. The minimum atomic E-state index is -2.80. The molecule has 1 heterocycles. The molecule has 0 spiro atoms. The molecule has 0 bridgehead atoms. The van der Waals surface area contributed by atoms with E-state index in [0.29, 0.717) is 16.3 Å². The molecule has 0 saturated carbocycles. The van der Waals surface area contributed by atoms with E-state index in [-0.39, 0.29) is 18.3 Å². The molecule has 0 atom stereocenters. The van der Waals surface area contributed by atoms with Crippen LogP contribution in [-0.4, -0.2) is 54.6 Å². The van der Waals surface area contributed by atoms with Crippen molar-refractivity contribution in [2.75, 3.05) is 19.6 Å². The number of nitrogens with two attached hydrogens (primary N) is 1. The lowest BCUT2D eigenvalue weighted by molar-refractivity contribution is -0.117. The van der Waals surface area contributed by atoms with Crippen LogP contribution in [0.1, 0.15) is 31.1 Å². The fourth-order valence-corrected chi connectivity index (χ4v) is 3.85. The Labute approximate surface area is 231 Å². The molecule has 0 radical (unpaired) electrons. The van der Waals surface area contributed by atoms with Gasteiger partial charge in [0.05, 0.1) is 24.7 Å². The number of alkyl halides is 2. The van der Waals surface area contributed by atoms with Crippen molar-refractivity contribution in [3.05, 3.63) is 88.7 Å². The second-order valence-electron chi connectivity index (χ2n) is 9.81. The minimum absolute atomic E-state index is 0.225. The quantitative estimate of drug-likeness (QED) is 0.233. The van der Waals surface area contributed by atoms with Crippen LogP contribution >= 0.6 is 11.6 Å². The molecule has 2 aromatic carbocycles. The first-order valence-electron chi connectivity index (χ1n) is 12.1. The van der Waals surface area contributed by atoms with E-state index in [1.54, 1.807) is 54.6 Å². The largest absolute Gasteiger partial charge is 0.484 e. The van der Waals surface area contributed by atoms with Crippen LogP contribution in [0, 0.1) is 0 Å². The third-order valence-corrected chi connectivity index (χ3v) is 6.10. The van der Waals surface area contributed by atoms with Crippen molar-refractivity contribution in [1.29, 1.82) is 0 Å².